The number of ether oxygens (including phenoxy) is 1. The van der Waals surface area contributed by atoms with Crippen LogP contribution in [-0.2, 0) is 4.79 Å². The molecular weight excluding hydrogens is 455 g/mol. The van der Waals surface area contributed by atoms with Crippen LogP contribution in [0.25, 0.3) is 16.6 Å². The van der Waals surface area contributed by atoms with Crippen molar-refractivity contribution in [2.45, 2.75) is 45.5 Å². The van der Waals surface area contributed by atoms with Gasteiger partial charge in [-0.2, -0.15) is 5.10 Å². The minimum Gasteiger partial charge on any atom is -0.484 e. The summed E-state index contributed by atoms with van der Waals surface area (Å²) in [5.74, 6) is -0.999. The minimum absolute atomic E-state index is 0.333. The minimum atomic E-state index is -2.06. The van der Waals surface area contributed by atoms with Crippen molar-refractivity contribution in [1.82, 2.24) is 15.1 Å². The highest BCUT2D eigenvalue weighted by Gasteiger charge is 2.32. The van der Waals surface area contributed by atoms with Gasteiger partial charge in [0.1, 0.15) is 23.5 Å². The number of carbonyl (C=O) groups excluding carboxylic acids is 1. The third-order valence-corrected chi connectivity index (χ3v) is 5.76. The van der Waals surface area contributed by atoms with Crippen molar-refractivity contribution in [3.05, 3.63) is 89.6 Å². The molecule has 0 saturated carbocycles. The fourth-order valence-corrected chi connectivity index (χ4v) is 3.87. The zero-order chi connectivity index (χ0) is 25.3. The third kappa shape index (κ3) is 5.31. The molecule has 4 aromatic rings. The summed E-state index contributed by atoms with van der Waals surface area (Å²) in [6, 6.07) is 15.1. The highest BCUT2D eigenvalue weighted by atomic mass is 19.1. The lowest BCUT2D eigenvalue weighted by Gasteiger charge is -2.29. The lowest BCUT2D eigenvalue weighted by atomic mass is 9.97. The molecule has 182 valence electrons. The number of aryl methyl sites for hydroxylation is 1. The van der Waals surface area contributed by atoms with Gasteiger partial charge in [-0.15, -0.1) is 0 Å². The molecule has 0 radical (unpaired) electrons. The van der Waals surface area contributed by atoms with Gasteiger partial charge in [-0.05, 0) is 93.4 Å². The molecule has 1 heterocycles. The molecule has 0 aliphatic carbocycles. The van der Waals surface area contributed by atoms with Gasteiger partial charge >= 0.3 is 0 Å². The summed E-state index contributed by atoms with van der Waals surface area (Å²) in [5, 5.41) is 7.85. The van der Waals surface area contributed by atoms with E-state index >= 15 is 0 Å². The molecule has 0 aliphatic heterocycles. The fourth-order valence-electron chi connectivity index (χ4n) is 3.87. The first kappa shape index (κ1) is 24.3. The molecule has 35 heavy (non-hydrogen) atoms. The van der Waals surface area contributed by atoms with Crippen LogP contribution >= 0.6 is 0 Å². The molecule has 1 amide bonds. The first-order chi connectivity index (χ1) is 16.5. The van der Waals surface area contributed by atoms with Gasteiger partial charge in [0.2, 0.25) is 0 Å². The second kappa shape index (κ2) is 9.44. The fraction of sp³-hybridized carbons (Fsp3) is 0.259. The molecule has 2 atom stereocenters. The highest BCUT2D eigenvalue weighted by Crippen LogP contribution is 2.31. The number of amides is 1. The van der Waals surface area contributed by atoms with Crippen molar-refractivity contribution < 1.29 is 22.7 Å². The van der Waals surface area contributed by atoms with Crippen molar-refractivity contribution in [3.8, 4) is 11.4 Å². The molecule has 2 unspecified atom stereocenters. The Morgan fingerprint density at radius 2 is 1.71 bits per heavy atom. The largest absolute Gasteiger partial charge is 0.484 e. The topological polar surface area (TPSA) is 56.1 Å². The predicted molar refractivity (Wildman–Crippen MR) is 128 cm³/mol. The van der Waals surface area contributed by atoms with Crippen LogP contribution in [0, 0.1) is 18.6 Å². The Morgan fingerprint density at radius 3 is 2.37 bits per heavy atom. The highest BCUT2D eigenvalue weighted by molar-refractivity contribution is 5.84. The van der Waals surface area contributed by atoms with E-state index in [9.17, 15) is 18.0 Å². The van der Waals surface area contributed by atoms with Gasteiger partial charge in [0, 0.05) is 5.39 Å². The van der Waals surface area contributed by atoms with Crippen molar-refractivity contribution in [2.24, 2.45) is 0 Å². The second-order valence-electron chi connectivity index (χ2n) is 9.03. The van der Waals surface area contributed by atoms with Crippen molar-refractivity contribution in [1.29, 1.82) is 0 Å². The van der Waals surface area contributed by atoms with Crippen LogP contribution in [0.2, 0.25) is 0 Å². The summed E-state index contributed by atoms with van der Waals surface area (Å²) in [7, 11) is 0. The van der Waals surface area contributed by atoms with Gasteiger partial charge in [0.05, 0.1) is 23.4 Å². The predicted octanol–water partition coefficient (Wildman–Crippen LogP) is 5.99. The Morgan fingerprint density at radius 1 is 1.03 bits per heavy atom. The third-order valence-electron chi connectivity index (χ3n) is 5.76. The van der Waals surface area contributed by atoms with Crippen molar-refractivity contribution >= 4 is 16.8 Å². The van der Waals surface area contributed by atoms with Crippen LogP contribution in [0.5, 0.6) is 5.75 Å². The van der Waals surface area contributed by atoms with E-state index in [4.69, 9.17) is 4.74 Å². The average molecular weight is 482 g/mol. The number of nitrogens with zero attached hydrogens (tertiary/aromatic N) is 2. The van der Waals surface area contributed by atoms with E-state index in [2.05, 4.69) is 10.4 Å². The van der Waals surface area contributed by atoms with Gasteiger partial charge in [-0.1, -0.05) is 6.07 Å². The molecule has 0 bridgehead atoms. The summed E-state index contributed by atoms with van der Waals surface area (Å²) in [5.41, 5.74) is 0.739. The quantitative estimate of drug-likeness (QED) is 0.353. The maximum Gasteiger partial charge on any atom is 0.257 e. The molecule has 3 aromatic carbocycles. The second-order valence-corrected chi connectivity index (χ2v) is 9.03. The van der Waals surface area contributed by atoms with Gasteiger partial charge in [-0.3, -0.25) is 4.79 Å². The van der Waals surface area contributed by atoms with Gasteiger partial charge in [0.15, 0.2) is 5.67 Å². The van der Waals surface area contributed by atoms with Gasteiger partial charge < -0.3 is 10.1 Å². The number of hydrogen-bond acceptors (Lipinski definition) is 3. The maximum absolute atomic E-state index is 14.2. The van der Waals surface area contributed by atoms with Crippen molar-refractivity contribution in [3.63, 3.8) is 0 Å². The summed E-state index contributed by atoms with van der Waals surface area (Å²) in [6.07, 6.45) is 0.951. The molecule has 1 N–H and O–H groups in total. The Bertz CT molecular complexity index is 1360. The summed E-state index contributed by atoms with van der Waals surface area (Å²) < 4.78 is 49.2. The van der Waals surface area contributed by atoms with E-state index in [1.807, 2.05) is 6.07 Å². The smallest absolute Gasteiger partial charge is 0.257 e. The number of hydrogen-bond donors (Lipinski definition) is 1. The number of alkyl halides is 1. The monoisotopic (exact) mass is 481 g/mol. The molecule has 0 spiro atoms. The van der Waals surface area contributed by atoms with Crippen molar-refractivity contribution in [2.75, 3.05) is 0 Å². The van der Waals surface area contributed by atoms with Crippen LogP contribution in [0.1, 0.15) is 38.0 Å². The van der Waals surface area contributed by atoms with E-state index in [0.29, 0.717) is 22.6 Å². The van der Waals surface area contributed by atoms with E-state index in [-0.39, 0.29) is 11.6 Å². The van der Waals surface area contributed by atoms with E-state index in [1.165, 1.54) is 38.1 Å². The van der Waals surface area contributed by atoms with Crippen LogP contribution in [0.15, 0.2) is 66.9 Å². The zero-order valence-electron chi connectivity index (χ0n) is 19.9. The molecule has 4 rings (SSSR count). The number of fused-ring (bicyclic) bond motifs is 1. The summed E-state index contributed by atoms with van der Waals surface area (Å²) in [6.45, 7) is 5.82. The number of carbonyl (C=O) groups is 1. The number of rotatable bonds is 7. The molecule has 0 fully saturated rings. The Labute approximate surface area is 201 Å². The number of benzene rings is 3. The molecular formula is C27H26F3N3O2. The van der Waals surface area contributed by atoms with Crippen LogP contribution < -0.4 is 10.1 Å². The zero-order valence-corrected chi connectivity index (χ0v) is 19.9. The van der Waals surface area contributed by atoms with E-state index in [0.717, 1.165) is 10.9 Å². The summed E-state index contributed by atoms with van der Waals surface area (Å²) >= 11 is 0. The number of nitrogens with one attached hydrogen (secondary N) is 1. The Balaban J connectivity index is 1.67. The molecule has 0 saturated heterocycles. The summed E-state index contributed by atoms with van der Waals surface area (Å²) in [4.78, 5) is 12.3. The molecule has 1 aromatic heterocycles. The first-order valence-electron chi connectivity index (χ1n) is 11.2. The lowest BCUT2D eigenvalue weighted by Crippen LogP contribution is -2.46. The van der Waals surface area contributed by atoms with Gasteiger partial charge in [0.25, 0.3) is 5.91 Å². The molecule has 0 aliphatic rings. The van der Waals surface area contributed by atoms with Crippen LogP contribution in [-0.4, -0.2) is 27.4 Å². The van der Waals surface area contributed by atoms with Crippen LogP contribution in [0.3, 0.4) is 0 Å². The average Bonchev–Trinajstić information content (AvgIpc) is 3.21. The maximum atomic E-state index is 14.2. The van der Waals surface area contributed by atoms with E-state index in [1.54, 1.807) is 55.1 Å². The van der Waals surface area contributed by atoms with Crippen LogP contribution in [0.4, 0.5) is 13.2 Å². The molecule has 5 nitrogen and oxygen atoms in total. The molecule has 8 heteroatoms. The number of halogens is 3. The lowest BCUT2D eigenvalue weighted by molar-refractivity contribution is -0.132. The van der Waals surface area contributed by atoms with E-state index < -0.39 is 23.7 Å². The van der Waals surface area contributed by atoms with Gasteiger partial charge in [-0.25, -0.2) is 17.9 Å². The Hall–Kier alpha value is -3.81. The normalized spacial score (nSPS) is 13.5. The SMILES string of the molecule is Cc1cc(F)ccc1C(Oc1ccc2c(cnn2-c2ccc(F)cc2)c1)C(C)NC(=O)C(C)(C)F. The first-order valence-corrected chi connectivity index (χ1v) is 11.2. The Kier molecular flexibility index (Phi) is 6.56. The standard InChI is InChI=1S/C27H26F3N3O2/c1-16-13-20(29)7-11-23(16)25(17(2)32-26(34)27(3,4)30)35-22-10-12-24-18(14-22)15-31-33(24)21-8-5-19(28)6-9-21/h5-15,17,25H,1-4H3,(H,32,34). The number of aromatic nitrogens is 2.